The SMILES string of the molecule is Cc1nc2ccccc2nc1N1CCN(C(=O)C(C)O)CC1. The molecule has 1 saturated heterocycles. The predicted molar refractivity (Wildman–Crippen MR) is 84.7 cm³/mol. The first-order chi connectivity index (χ1) is 10.6. The number of carbonyl (C=O) groups is 1. The zero-order valence-electron chi connectivity index (χ0n) is 12.9. The molecule has 6 nitrogen and oxygen atoms in total. The minimum atomic E-state index is -0.936. The number of para-hydroxylation sites is 2. The predicted octanol–water partition coefficient (Wildman–Crippen LogP) is 0.968. The number of piperazine rings is 1. The Kier molecular flexibility index (Phi) is 3.94. The van der Waals surface area contributed by atoms with Crippen molar-refractivity contribution >= 4 is 22.8 Å². The third-order valence-corrected chi connectivity index (χ3v) is 3.97. The molecule has 22 heavy (non-hydrogen) atoms. The molecule has 1 aliphatic heterocycles. The maximum absolute atomic E-state index is 11.8. The van der Waals surface area contributed by atoms with Crippen molar-refractivity contribution < 1.29 is 9.90 Å². The lowest BCUT2D eigenvalue weighted by Crippen LogP contribution is -2.51. The van der Waals surface area contributed by atoms with Crippen molar-refractivity contribution in [2.75, 3.05) is 31.1 Å². The molecule has 0 spiro atoms. The number of aliphatic hydroxyl groups excluding tert-OH is 1. The Bertz CT molecular complexity index is 694. The van der Waals surface area contributed by atoms with Crippen molar-refractivity contribution in [2.45, 2.75) is 20.0 Å². The molecule has 1 unspecified atom stereocenters. The minimum absolute atomic E-state index is 0.207. The van der Waals surface area contributed by atoms with Crippen LogP contribution in [0.25, 0.3) is 11.0 Å². The molecular formula is C16H20N4O2. The molecule has 1 aromatic carbocycles. The first kappa shape index (κ1) is 14.7. The van der Waals surface area contributed by atoms with E-state index in [9.17, 15) is 9.90 Å². The molecule has 1 fully saturated rings. The summed E-state index contributed by atoms with van der Waals surface area (Å²) in [6, 6.07) is 7.82. The van der Waals surface area contributed by atoms with Crippen LogP contribution in [0.3, 0.4) is 0 Å². The Hall–Kier alpha value is -2.21. The van der Waals surface area contributed by atoms with Crippen LogP contribution in [0.1, 0.15) is 12.6 Å². The van der Waals surface area contributed by atoms with Crippen LogP contribution in [0.15, 0.2) is 24.3 Å². The molecule has 0 saturated carbocycles. The van der Waals surface area contributed by atoms with E-state index in [1.54, 1.807) is 4.90 Å². The number of amides is 1. The van der Waals surface area contributed by atoms with Crippen molar-refractivity contribution in [3.8, 4) is 0 Å². The van der Waals surface area contributed by atoms with Gasteiger partial charge in [0.05, 0.1) is 16.7 Å². The van der Waals surface area contributed by atoms with Gasteiger partial charge in [-0.1, -0.05) is 12.1 Å². The van der Waals surface area contributed by atoms with Crippen molar-refractivity contribution in [2.24, 2.45) is 0 Å². The second-order valence-corrected chi connectivity index (χ2v) is 5.61. The lowest BCUT2D eigenvalue weighted by atomic mass is 10.2. The van der Waals surface area contributed by atoms with Gasteiger partial charge >= 0.3 is 0 Å². The number of rotatable bonds is 2. The number of hydrogen-bond donors (Lipinski definition) is 1. The molecule has 1 N–H and O–H groups in total. The van der Waals surface area contributed by atoms with E-state index in [0.717, 1.165) is 22.5 Å². The van der Waals surface area contributed by atoms with Gasteiger partial charge in [-0.05, 0) is 26.0 Å². The van der Waals surface area contributed by atoms with E-state index >= 15 is 0 Å². The van der Waals surface area contributed by atoms with Crippen LogP contribution in [0.4, 0.5) is 5.82 Å². The quantitative estimate of drug-likeness (QED) is 0.895. The zero-order chi connectivity index (χ0) is 15.7. The smallest absolute Gasteiger partial charge is 0.251 e. The first-order valence-corrected chi connectivity index (χ1v) is 7.51. The number of fused-ring (bicyclic) bond motifs is 1. The van der Waals surface area contributed by atoms with Crippen molar-refractivity contribution in [1.82, 2.24) is 14.9 Å². The molecule has 0 aliphatic carbocycles. The fourth-order valence-electron chi connectivity index (χ4n) is 2.78. The Morgan fingerprint density at radius 1 is 1.14 bits per heavy atom. The molecule has 0 radical (unpaired) electrons. The molecule has 3 rings (SSSR count). The van der Waals surface area contributed by atoms with Gasteiger partial charge in [0.2, 0.25) is 0 Å². The molecule has 0 bridgehead atoms. The van der Waals surface area contributed by atoms with Gasteiger partial charge in [0.15, 0.2) is 5.82 Å². The molecule has 6 heteroatoms. The van der Waals surface area contributed by atoms with E-state index in [4.69, 9.17) is 4.98 Å². The molecule has 1 atom stereocenters. The highest BCUT2D eigenvalue weighted by Crippen LogP contribution is 2.21. The summed E-state index contributed by atoms with van der Waals surface area (Å²) in [5.74, 6) is 0.670. The summed E-state index contributed by atoms with van der Waals surface area (Å²) < 4.78 is 0. The summed E-state index contributed by atoms with van der Waals surface area (Å²) in [5, 5.41) is 9.39. The van der Waals surface area contributed by atoms with Crippen molar-refractivity contribution in [3.63, 3.8) is 0 Å². The van der Waals surface area contributed by atoms with Gasteiger partial charge in [-0.25, -0.2) is 9.97 Å². The molecular weight excluding hydrogens is 280 g/mol. The van der Waals surface area contributed by atoms with E-state index in [1.165, 1.54) is 6.92 Å². The fraction of sp³-hybridized carbons (Fsp3) is 0.438. The maximum Gasteiger partial charge on any atom is 0.251 e. The average molecular weight is 300 g/mol. The van der Waals surface area contributed by atoms with E-state index in [0.29, 0.717) is 26.2 Å². The summed E-state index contributed by atoms with van der Waals surface area (Å²) in [6.45, 7) is 6.06. The highest BCUT2D eigenvalue weighted by atomic mass is 16.3. The Morgan fingerprint density at radius 2 is 1.73 bits per heavy atom. The third-order valence-electron chi connectivity index (χ3n) is 3.97. The molecule has 2 heterocycles. The largest absolute Gasteiger partial charge is 0.384 e. The number of nitrogens with zero attached hydrogens (tertiary/aromatic N) is 4. The van der Waals surface area contributed by atoms with Crippen molar-refractivity contribution in [1.29, 1.82) is 0 Å². The second-order valence-electron chi connectivity index (χ2n) is 5.61. The van der Waals surface area contributed by atoms with Crippen LogP contribution in [0.5, 0.6) is 0 Å². The number of carbonyl (C=O) groups excluding carboxylic acids is 1. The van der Waals surface area contributed by atoms with Gasteiger partial charge in [-0.2, -0.15) is 0 Å². The van der Waals surface area contributed by atoms with Gasteiger partial charge in [0, 0.05) is 26.2 Å². The van der Waals surface area contributed by atoms with E-state index in [1.807, 2.05) is 31.2 Å². The number of anilines is 1. The van der Waals surface area contributed by atoms with Gasteiger partial charge < -0.3 is 14.9 Å². The summed E-state index contributed by atoms with van der Waals surface area (Å²) >= 11 is 0. The number of aromatic nitrogens is 2. The van der Waals surface area contributed by atoms with Crippen LogP contribution in [-0.2, 0) is 4.79 Å². The fourth-order valence-corrected chi connectivity index (χ4v) is 2.78. The standard InChI is InChI=1S/C16H20N4O2/c1-11-15(18-14-6-4-3-5-13(14)17-11)19-7-9-20(10-8-19)16(22)12(2)21/h3-6,12,21H,7-10H2,1-2H3. The molecule has 1 aromatic heterocycles. The highest BCUT2D eigenvalue weighted by molar-refractivity contribution is 5.80. The van der Waals surface area contributed by atoms with Crippen molar-refractivity contribution in [3.05, 3.63) is 30.0 Å². The Balaban J connectivity index is 1.79. The number of aliphatic hydroxyl groups is 1. The van der Waals surface area contributed by atoms with Crippen LogP contribution < -0.4 is 4.90 Å². The zero-order valence-corrected chi connectivity index (χ0v) is 12.9. The van der Waals surface area contributed by atoms with E-state index < -0.39 is 6.10 Å². The second kappa shape index (κ2) is 5.88. The molecule has 116 valence electrons. The summed E-state index contributed by atoms with van der Waals surface area (Å²) in [5.41, 5.74) is 2.67. The van der Waals surface area contributed by atoms with Gasteiger partial charge in [-0.3, -0.25) is 4.79 Å². The summed E-state index contributed by atoms with van der Waals surface area (Å²) in [4.78, 5) is 25.0. The average Bonchev–Trinajstić information content (AvgIpc) is 2.53. The minimum Gasteiger partial charge on any atom is -0.384 e. The molecule has 1 aliphatic rings. The van der Waals surface area contributed by atoms with Crippen LogP contribution in [-0.4, -0.2) is 58.2 Å². The van der Waals surface area contributed by atoms with E-state index in [-0.39, 0.29) is 5.91 Å². The van der Waals surface area contributed by atoms with Gasteiger partial charge in [-0.15, -0.1) is 0 Å². The molecule has 2 aromatic rings. The Labute approximate surface area is 129 Å². The normalized spacial score (nSPS) is 16.9. The number of benzene rings is 1. The number of hydrogen-bond acceptors (Lipinski definition) is 5. The van der Waals surface area contributed by atoms with Gasteiger partial charge in [0.25, 0.3) is 5.91 Å². The lowest BCUT2D eigenvalue weighted by Gasteiger charge is -2.36. The Morgan fingerprint density at radius 3 is 2.32 bits per heavy atom. The molecule has 1 amide bonds. The van der Waals surface area contributed by atoms with Crippen LogP contribution in [0, 0.1) is 6.92 Å². The van der Waals surface area contributed by atoms with E-state index in [2.05, 4.69) is 9.88 Å². The summed E-state index contributed by atoms with van der Waals surface area (Å²) in [7, 11) is 0. The van der Waals surface area contributed by atoms with Crippen LogP contribution in [0.2, 0.25) is 0 Å². The van der Waals surface area contributed by atoms with Gasteiger partial charge in [0.1, 0.15) is 6.10 Å². The topological polar surface area (TPSA) is 69.6 Å². The first-order valence-electron chi connectivity index (χ1n) is 7.51. The lowest BCUT2D eigenvalue weighted by molar-refractivity contribution is -0.139. The summed E-state index contributed by atoms with van der Waals surface area (Å²) in [6.07, 6.45) is -0.936. The number of aryl methyl sites for hydroxylation is 1. The van der Waals surface area contributed by atoms with Crippen LogP contribution >= 0.6 is 0 Å². The third kappa shape index (κ3) is 2.74. The highest BCUT2D eigenvalue weighted by Gasteiger charge is 2.25. The maximum atomic E-state index is 11.8. The monoisotopic (exact) mass is 300 g/mol.